The molecule has 2 rings (SSSR count). The first-order valence-corrected chi connectivity index (χ1v) is 7.14. The van der Waals surface area contributed by atoms with E-state index in [1.807, 2.05) is 50.2 Å². The maximum Gasteiger partial charge on any atom is 0.338 e. The van der Waals surface area contributed by atoms with Crippen LogP contribution in [0.4, 0.5) is 0 Å². The van der Waals surface area contributed by atoms with Gasteiger partial charge in [0.25, 0.3) is 5.91 Å². The highest BCUT2D eigenvalue weighted by atomic mass is 16.5. The fourth-order valence-corrected chi connectivity index (χ4v) is 2.09. The van der Waals surface area contributed by atoms with Gasteiger partial charge in [-0.2, -0.15) is 0 Å². The van der Waals surface area contributed by atoms with Crippen molar-refractivity contribution in [2.45, 2.75) is 19.9 Å². The Morgan fingerprint density at radius 3 is 2.50 bits per heavy atom. The van der Waals surface area contributed by atoms with Gasteiger partial charge in [-0.15, -0.1) is 0 Å². The van der Waals surface area contributed by atoms with Crippen LogP contribution in [0.3, 0.4) is 0 Å². The second-order valence-corrected chi connectivity index (χ2v) is 5.15. The third-order valence-corrected chi connectivity index (χ3v) is 3.27. The highest BCUT2D eigenvalue weighted by molar-refractivity contribution is 5.91. The van der Waals surface area contributed by atoms with Crippen LogP contribution in [0.15, 0.2) is 54.6 Å². The molecule has 0 aromatic heterocycles. The molecular formula is C18H19NO3. The SMILES string of the molecule is Cc1cccc(C(=O)OCC(=O)NC(C)c2ccccc2)c1. The summed E-state index contributed by atoms with van der Waals surface area (Å²) < 4.78 is 5.03. The van der Waals surface area contributed by atoms with Crippen molar-refractivity contribution in [1.82, 2.24) is 5.32 Å². The van der Waals surface area contributed by atoms with Gasteiger partial charge in [0.2, 0.25) is 0 Å². The van der Waals surface area contributed by atoms with Gasteiger partial charge in [0.05, 0.1) is 11.6 Å². The number of carbonyl (C=O) groups excluding carboxylic acids is 2. The molecule has 0 aliphatic heterocycles. The molecule has 2 aromatic carbocycles. The van der Waals surface area contributed by atoms with Crippen molar-refractivity contribution in [3.05, 3.63) is 71.3 Å². The average Bonchev–Trinajstić information content (AvgIpc) is 2.53. The van der Waals surface area contributed by atoms with Gasteiger partial charge in [0.15, 0.2) is 6.61 Å². The summed E-state index contributed by atoms with van der Waals surface area (Å²) in [5, 5.41) is 2.80. The van der Waals surface area contributed by atoms with E-state index in [1.54, 1.807) is 18.2 Å². The second-order valence-electron chi connectivity index (χ2n) is 5.15. The first kappa shape index (κ1) is 15.8. The first-order chi connectivity index (χ1) is 10.6. The number of nitrogens with one attached hydrogen (secondary N) is 1. The van der Waals surface area contributed by atoms with Crippen LogP contribution in [0.5, 0.6) is 0 Å². The Bertz CT molecular complexity index is 652. The molecule has 114 valence electrons. The van der Waals surface area contributed by atoms with Gasteiger partial charge in [-0.05, 0) is 31.5 Å². The maximum atomic E-state index is 11.9. The van der Waals surface area contributed by atoms with Crippen LogP contribution in [-0.4, -0.2) is 18.5 Å². The molecule has 0 heterocycles. The summed E-state index contributed by atoms with van der Waals surface area (Å²) in [7, 11) is 0. The molecule has 0 saturated heterocycles. The number of rotatable bonds is 5. The topological polar surface area (TPSA) is 55.4 Å². The van der Waals surface area contributed by atoms with Gasteiger partial charge in [0.1, 0.15) is 0 Å². The van der Waals surface area contributed by atoms with Crippen LogP contribution in [0.25, 0.3) is 0 Å². The van der Waals surface area contributed by atoms with E-state index in [-0.39, 0.29) is 18.6 Å². The van der Waals surface area contributed by atoms with Gasteiger partial charge in [-0.3, -0.25) is 4.79 Å². The van der Waals surface area contributed by atoms with Gasteiger partial charge in [0, 0.05) is 0 Å². The Hall–Kier alpha value is -2.62. The molecule has 22 heavy (non-hydrogen) atoms. The molecule has 4 heteroatoms. The van der Waals surface area contributed by atoms with Crippen molar-refractivity contribution in [3.63, 3.8) is 0 Å². The van der Waals surface area contributed by atoms with E-state index < -0.39 is 5.97 Å². The zero-order valence-electron chi connectivity index (χ0n) is 12.7. The average molecular weight is 297 g/mol. The highest BCUT2D eigenvalue weighted by Gasteiger charge is 2.13. The van der Waals surface area contributed by atoms with Crippen molar-refractivity contribution in [3.8, 4) is 0 Å². The summed E-state index contributed by atoms with van der Waals surface area (Å²) in [5.74, 6) is -0.816. The van der Waals surface area contributed by atoms with Gasteiger partial charge in [-0.25, -0.2) is 4.79 Å². The molecule has 0 spiro atoms. The van der Waals surface area contributed by atoms with E-state index in [4.69, 9.17) is 4.74 Å². The minimum Gasteiger partial charge on any atom is -0.452 e. The number of esters is 1. The minimum atomic E-state index is -0.494. The summed E-state index contributed by atoms with van der Waals surface area (Å²) in [6, 6.07) is 16.5. The van der Waals surface area contributed by atoms with Crippen molar-refractivity contribution < 1.29 is 14.3 Å². The Labute approximate surface area is 130 Å². The molecular weight excluding hydrogens is 278 g/mol. The fraction of sp³-hybridized carbons (Fsp3) is 0.222. The molecule has 2 aromatic rings. The van der Waals surface area contributed by atoms with Crippen molar-refractivity contribution in [2.75, 3.05) is 6.61 Å². The zero-order valence-corrected chi connectivity index (χ0v) is 12.7. The monoisotopic (exact) mass is 297 g/mol. The van der Waals surface area contributed by atoms with Crippen LogP contribution in [0.1, 0.15) is 34.5 Å². The predicted molar refractivity (Wildman–Crippen MR) is 84.5 cm³/mol. The molecule has 0 radical (unpaired) electrons. The molecule has 1 atom stereocenters. The third-order valence-electron chi connectivity index (χ3n) is 3.27. The summed E-state index contributed by atoms with van der Waals surface area (Å²) >= 11 is 0. The normalized spacial score (nSPS) is 11.5. The summed E-state index contributed by atoms with van der Waals surface area (Å²) in [5.41, 5.74) is 2.42. The molecule has 0 fully saturated rings. The largest absolute Gasteiger partial charge is 0.452 e. The van der Waals surface area contributed by atoms with Crippen LogP contribution >= 0.6 is 0 Å². The molecule has 0 aliphatic carbocycles. The molecule has 4 nitrogen and oxygen atoms in total. The van der Waals surface area contributed by atoms with Gasteiger partial charge in [-0.1, -0.05) is 48.0 Å². The highest BCUT2D eigenvalue weighted by Crippen LogP contribution is 2.11. The van der Waals surface area contributed by atoms with Crippen molar-refractivity contribution in [2.24, 2.45) is 0 Å². The van der Waals surface area contributed by atoms with Crippen LogP contribution < -0.4 is 5.32 Å². The predicted octanol–water partition coefficient (Wildman–Crippen LogP) is 3.03. The van der Waals surface area contributed by atoms with Gasteiger partial charge >= 0.3 is 5.97 Å². The van der Waals surface area contributed by atoms with Gasteiger partial charge < -0.3 is 10.1 Å². The lowest BCUT2D eigenvalue weighted by Crippen LogP contribution is -2.31. The number of hydrogen-bond donors (Lipinski definition) is 1. The second kappa shape index (κ2) is 7.41. The molecule has 0 bridgehead atoms. The Balaban J connectivity index is 1.84. The van der Waals surface area contributed by atoms with Crippen LogP contribution in [-0.2, 0) is 9.53 Å². The number of aryl methyl sites for hydroxylation is 1. The smallest absolute Gasteiger partial charge is 0.338 e. The van der Waals surface area contributed by atoms with E-state index in [1.165, 1.54) is 0 Å². The number of carbonyl (C=O) groups is 2. The van der Waals surface area contributed by atoms with E-state index in [0.29, 0.717) is 5.56 Å². The number of amides is 1. The number of benzene rings is 2. The number of hydrogen-bond acceptors (Lipinski definition) is 3. The lowest BCUT2D eigenvalue weighted by atomic mass is 10.1. The van der Waals surface area contributed by atoms with E-state index in [0.717, 1.165) is 11.1 Å². The van der Waals surface area contributed by atoms with Crippen molar-refractivity contribution >= 4 is 11.9 Å². The van der Waals surface area contributed by atoms with E-state index in [9.17, 15) is 9.59 Å². The molecule has 1 N–H and O–H groups in total. The van der Waals surface area contributed by atoms with Crippen molar-refractivity contribution in [1.29, 1.82) is 0 Å². The fourth-order valence-electron chi connectivity index (χ4n) is 2.09. The molecule has 1 unspecified atom stereocenters. The molecule has 0 aliphatic rings. The first-order valence-electron chi connectivity index (χ1n) is 7.14. The third kappa shape index (κ3) is 4.45. The Morgan fingerprint density at radius 1 is 1.09 bits per heavy atom. The Morgan fingerprint density at radius 2 is 1.82 bits per heavy atom. The zero-order chi connectivity index (χ0) is 15.9. The van der Waals surface area contributed by atoms with E-state index >= 15 is 0 Å². The maximum absolute atomic E-state index is 11.9. The summed E-state index contributed by atoms with van der Waals surface area (Å²) in [6.45, 7) is 3.49. The minimum absolute atomic E-state index is 0.133. The Kier molecular flexibility index (Phi) is 5.31. The summed E-state index contributed by atoms with van der Waals surface area (Å²) in [4.78, 5) is 23.7. The lowest BCUT2D eigenvalue weighted by Gasteiger charge is -2.14. The van der Waals surface area contributed by atoms with Crippen LogP contribution in [0.2, 0.25) is 0 Å². The number of ether oxygens (including phenoxy) is 1. The quantitative estimate of drug-likeness (QED) is 0.863. The lowest BCUT2D eigenvalue weighted by molar-refractivity contribution is -0.124. The van der Waals surface area contributed by atoms with Crippen LogP contribution in [0, 0.1) is 6.92 Å². The standard InChI is InChI=1S/C18H19NO3/c1-13-7-6-10-16(11-13)18(21)22-12-17(20)19-14(2)15-8-4-3-5-9-15/h3-11,14H,12H2,1-2H3,(H,19,20). The summed E-state index contributed by atoms with van der Waals surface area (Å²) in [6.07, 6.45) is 0. The van der Waals surface area contributed by atoms with E-state index in [2.05, 4.69) is 5.32 Å². The molecule has 0 saturated carbocycles. The molecule has 1 amide bonds.